The molecule has 0 radical (unpaired) electrons. The van der Waals surface area contributed by atoms with Gasteiger partial charge >= 0.3 is 6.09 Å². The van der Waals surface area contributed by atoms with Gasteiger partial charge in [-0.2, -0.15) is 4.98 Å². The van der Waals surface area contributed by atoms with Crippen LogP contribution >= 0.6 is 0 Å². The SMILES string of the molecule is COc1ccc(CN2Cc3nc(NCCNC(=O)O)nc(Nc4cccc(C)c4)c3C2=O)c(OC)c1. The van der Waals surface area contributed by atoms with E-state index in [1.807, 2.05) is 43.3 Å². The predicted octanol–water partition coefficient (Wildman–Crippen LogP) is 3.38. The van der Waals surface area contributed by atoms with Gasteiger partial charge in [0, 0.05) is 30.4 Å². The number of aromatic nitrogens is 2. The second-order valence-electron chi connectivity index (χ2n) is 8.21. The number of nitrogens with one attached hydrogen (secondary N) is 3. The minimum absolute atomic E-state index is 0.179. The molecule has 0 spiro atoms. The van der Waals surface area contributed by atoms with Crippen LogP contribution in [0.4, 0.5) is 22.2 Å². The van der Waals surface area contributed by atoms with Crippen LogP contribution in [0.15, 0.2) is 42.5 Å². The van der Waals surface area contributed by atoms with Crippen LogP contribution in [0.5, 0.6) is 11.5 Å². The zero-order valence-corrected chi connectivity index (χ0v) is 20.3. The van der Waals surface area contributed by atoms with Crippen LogP contribution in [0.1, 0.15) is 27.2 Å². The zero-order valence-electron chi connectivity index (χ0n) is 20.3. The standard InChI is InChI=1S/C25H28N6O5/c1-15-5-4-6-17(11-15)28-22-21-19(29-24(30-22)26-9-10-27-25(33)34)14-31(23(21)32)13-16-7-8-18(35-2)12-20(16)36-3/h4-8,11-12,27H,9-10,13-14H2,1-3H3,(H,33,34)(H2,26,28,29,30). The summed E-state index contributed by atoms with van der Waals surface area (Å²) in [5.74, 6) is 1.77. The Morgan fingerprint density at radius 2 is 1.94 bits per heavy atom. The molecular weight excluding hydrogens is 464 g/mol. The highest BCUT2D eigenvalue weighted by Gasteiger charge is 2.33. The van der Waals surface area contributed by atoms with Crippen LogP contribution in [0.2, 0.25) is 0 Å². The summed E-state index contributed by atoms with van der Waals surface area (Å²) in [5.41, 5.74) is 3.66. The van der Waals surface area contributed by atoms with E-state index in [0.29, 0.717) is 41.1 Å². The van der Waals surface area contributed by atoms with Crippen LogP contribution in [-0.2, 0) is 13.1 Å². The van der Waals surface area contributed by atoms with Crippen molar-refractivity contribution < 1.29 is 24.2 Å². The highest BCUT2D eigenvalue weighted by molar-refractivity contribution is 6.03. The number of fused-ring (bicyclic) bond motifs is 1. The lowest BCUT2D eigenvalue weighted by molar-refractivity contribution is 0.0765. The summed E-state index contributed by atoms with van der Waals surface area (Å²) in [5, 5.41) is 17.3. The van der Waals surface area contributed by atoms with Crippen molar-refractivity contribution in [2.75, 3.05) is 37.9 Å². The molecule has 188 valence electrons. The molecule has 0 bridgehead atoms. The van der Waals surface area contributed by atoms with Gasteiger partial charge < -0.3 is 35.4 Å². The maximum Gasteiger partial charge on any atom is 0.404 e. The van der Waals surface area contributed by atoms with Gasteiger partial charge in [0.2, 0.25) is 5.95 Å². The molecule has 0 fully saturated rings. The molecule has 11 heteroatoms. The summed E-state index contributed by atoms with van der Waals surface area (Å²) >= 11 is 0. The number of carboxylic acid groups (broad SMARTS) is 1. The van der Waals surface area contributed by atoms with E-state index in [1.54, 1.807) is 25.2 Å². The first kappa shape index (κ1) is 24.6. The normalized spacial score (nSPS) is 12.2. The zero-order chi connectivity index (χ0) is 25.7. The average molecular weight is 493 g/mol. The monoisotopic (exact) mass is 492 g/mol. The Balaban J connectivity index is 1.62. The Morgan fingerprint density at radius 3 is 2.67 bits per heavy atom. The Hall–Kier alpha value is -4.54. The molecule has 2 aromatic carbocycles. The summed E-state index contributed by atoms with van der Waals surface area (Å²) in [4.78, 5) is 35.0. The number of methoxy groups -OCH3 is 2. The van der Waals surface area contributed by atoms with Crippen LogP contribution < -0.4 is 25.4 Å². The summed E-state index contributed by atoms with van der Waals surface area (Å²) < 4.78 is 10.8. The molecular formula is C25H28N6O5. The van der Waals surface area contributed by atoms with Gasteiger partial charge in [0.15, 0.2) is 0 Å². The smallest absolute Gasteiger partial charge is 0.404 e. The molecule has 36 heavy (non-hydrogen) atoms. The highest BCUT2D eigenvalue weighted by atomic mass is 16.5. The van der Waals surface area contributed by atoms with Gasteiger partial charge in [-0.05, 0) is 36.8 Å². The Morgan fingerprint density at radius 1 is 1.11 bits per heavy atom. The van der Waals surface area contributed by atoms with Gasteiger partial charge in [0.25, 0.3) is 5.91 Å². The van der Waals surface area contributed by atoms with E-state index in [1.165, 1.54) is 0 Å². The molecule has 4 rings (SSSR count). The first-order valence-electron chi connectivity index (χ1n) is 11.3. The minimum atomic E-state index is -1.11. The lowest BCUT2D eigenvalue weighted by Gasteiger charge is -2.18. The fourth-order valence-corrected chi connectivity index (χ4v) is 3.95. The third kappa shape index (κ3) is 5.57. The molecule has 1 aromatic heterocycles. The molecule has 0 saturated heterocycles. The first-order chi connectivity index (χ1) is 17.4. The fourth-order valence-electron chi connectivity index (χ4n) is 3.95. The fraction of sp³-hybridized carbons (Fsp3) is 0.280. The van der Waals surface area contributed by atoms with Crippen molar-refractivity contribution in [2.45, 2.75) is 20.0 Å². The van der Waals surface area contributed by atoms with Crippen molar-refractivity contribution in [1.82, 2.24) is 20.2 Å². The summed E-state index contributed by atoms with van der Waals surface area (Å²) in [6, 6.07) is 13.2. The Bertz CT molecular complexity index is 1280. The van der Waals surface area contributed by atoms with Crippen LogP contribution in [0, 0.1) is 6.92 Å². The van der Waals surface area contributed by atoms with Crippen molar-refractivity contribution in [3.63, 3.8) is 0 Å². The molecule has 11 nitrogen and oxygen atoms in total. The number of amides is 2. The number of hydrogen-bond donors (Lipinski definition) is 4. The second-order valence-corrected chi connectivity index (χ2v) is 8.21. The first-order valence-corrected chi connectivity index (χ1v) is 11.3. The second kappa shape index (κ2) is 10.8. The number of carbonyl (C=O) groups is 2. The Labute approximate surface area is 208 Å². The van der Waals surface area contributed by atoms with Gasteiger partial charge in [0.05, 0.1) is 33.0 Å². The van der Waals surface area contributed by atoms with E-state index < -0.39 is 6.09 Å². The van der Waals surface area contributed by atoms with E-state index in [4.69, 9.17) is 14.6 Å². The molecule has 0 atom stereocenters. The van der Waals surface area contributed by atoms with Crippen LogP contribution in [-0.4, -0.2) is 59.3 Å². The van der Waals surface area contributed by atoms with E-state index in [9.17, 15) is 9.59 Å². The number of aryl methyl sites for hydroxylation is 1. The summed E-state index contributed by atoms with van der Waals surface area (Å²) in [6.45, 7) is 3.05. The third-order valence-corrected chi connectivity index (χ3v) is 5.65. The lowest BCUT2D eigenvalue weighted by atomic mass is 10.1. The summed E-state index contributed by atoms with van der Waals surface area (Å²) in [7, 11) is 3.16. The van der Waals surface area contributed by atoms with Crippen molar-refractivity contribution >= 4 is 29.5 Å². The number of nitrogens with zero attached hydrogens (tertiary/aromatic N) is 3. The molecule has 2 amide bonds. The van der Waals surface area contributed by atoms with Crippen molar-refractivity contribution in [1.29, 1.82) is 0 Å². The van der Waals surface area contributed by atoms with Crippen LogP contribution in [0.3, 0.4) is 0 Å². The lowest BCUT2D eigenvalue weighted by Crippen LogP contribution is -2.27. The average Bonchev–Trinajstić information content (AvgIpc) is 3.17. The molecule has 1 aliphatic rings. The largest absolute Gasteiger partial charge is 0.497 e. The van der Waals surface area contributed by atoms with E-state index in [0.717, 1.165) is 16.8 Å². The van der Waals surface area contributed by atoms with Gasteiger partial charge in [0.1, 0.15) is 22.9 Å². The molecule has 3 aromatic rings. The van der Waals surface area contributed by atoms with Gasteiger partial charge in [-0.3, -0.25) is 4.79 Å². The molecule has 1 aliphatic heterocycles. The number of ether oxygens (including phenoxy) is 2. The maximum atomic E-state index is 13.5. The third-order valence-electron chi connectivity index (χ3n) is 5.65. The summed E-state index contributed by atoms with van der Waals surface area (Å²) in [6.07, 6.45) is -1.11. The Kier molecular flexibility index (Phi) is 7.38. The van der Waals surface area contributed by atoms with E-state index in [-0.39, 0.29) is 25.5 Å². The van der Waals surface area contributed by atoms with Crippen molar-refractivity contribution in [3.05, 3.63) is 64.8 Å². The maximum absolute atomic E-state index is 13.5. The van der Waals surface area contributed by atoms with Gasteiger partial charge in [-0.1, -0.05) is 12.1 Å². The highest BCUT2D eigenvalue weighted by Crippen LogP contribution is 2.33. The predicted molar refractivity (Wildman–Crippen MR) is 134 cm³/mol. The minimum Gasteiger partial charge on any atom is -0.497 e. The van der Waals surface area contributed by atoms with E-state index >= 15 is 0 Å². The van der Waals surface area contributed by atoms with Crippen molar-refractivity contribution in [2.24, 2.45) is 0 Å². The number of hydrogen-bond acceptors (Lipinski definition) is 8. The number of anilines is 3. The molecule has 0 unspecified atom stereocenters. The quantitative estimate of drug-likeness (QED) is 0.314. The molecule has 4 N–H and O–H groups in total. The van der Waals surface area contributed by atoms with Crippen molar-refractivity contribution in [3.8, 4) is 11.5 Å². The molecule has 0 aliphatic carbocycles. The topological polar surface area (TPSA) is 138 Å². The molecule has 0 saturated carbocycles. The number of benzene rings is 2. The van der Waals surface area contributed by atoms with Gasteiger partial charge in [-0.25, -0.2) is 9.78 Å². The molecule has 2 heterocycles. The number of carbonyl (C=O) groups excluding carboxylic acids is 1. The van der Waals surface area contributed by atoms with Crippen LogP contribution in [0.25, 0.3) is 0 Å². The number of rotatable bonds is 10. The van der Waals surface area contributed by atoms with E-state index in [2.05, 4.69) is 25.9 Å². The van der Waals surface area contributed by atoms with Gasteiger partial charge in [-0.15, -0.1) is 0 Å².